The van der Waals surface area contributed by atoms with E-state index >= 15 is 0 Å². The predicted octanol–water partition coefficient (Wildman–Crippen LogP) is 3.22. The molecule has 0 aliphatic heterocycles. The van der Waals surface area contributed by atoms with E-state index in [0.29, 0.717) is 36.4 Å². The third-order valence-corrected chi connectivity index (χ3v) is 5.57. The Labute approximate surface area is 200 Å². The molecular weight excluding hydrogens is 446 g/mol. The summed E-state index contributed by atoms with van der Waals surface area (Å²) in [6.45, 7) is 5.60. The second-order valence-electron chi connectivity index (χ2n) is 9.75. The highest BCUT2D eigenvalue weighted by molar-refractivity contribution is 6.30. The number of carbonyl (C=O) groups excluding carboxylic acids is 4. The molecule has 0 spiro atoms. The fourth-order valence-electron chi connectivity index (χ4n) is 3.84. The molecule has 1 unspecified atom stereocenters. The Morgan fingerprint density at radius 1 is 1.03 bits per heavy atom. The summed E-state index contributed by atoms with van der Waals surface area (Å²) in [5.41, 5.74) is -0.279. The van der Waals surface area contributed by atoms with Crippen LogP contribution >= 0.6 is 11.6 Å². The molecular formula is C24H34ClN3O5. The molecule has 1 aromatic carbocycles. The minimum absolute atomic E-state index is 0.0960. The maximum atomic E-state index is 12.6. The second kappa shape index (κ2) is 11.6. The van der Waals surface area contributed by atoms with Gasteiger partial charge < -0.3 is 20.3 Å². The Morgan fingerprint density at radius 2 is 1.67 bits per heavy atom. The Kier molecular flexibility index (Phi) is 9.43. The lowest BCUT2D eigenvalue weighted by atomic mass is 9.80. The summed E-state index contributed by atoms with van der Waals surface area (Å²) >= 11 is 5.85. The quantitative estimate of drug-likeness (QED) is 0.438. The van der Waals surface area contributed by atoms with Crippen molar-refractivity contribution < 1.29 is 23.9 Å². The molecule has 1 aliphatic carbocycles. The van der Waals surface area contributed by atoms with Gasteiger partial charge in [-0.1, -0.05) is 11.6 Å². The molecule has 0 saturated heterocycles. The lowest BCUT2D eigenvalue weighted by Gasteiger charge is -2.37. The van der Waals surface area contributed by atoms with E-state index in [2.05, 4.69) is 10.6 Å². The van der Waals surface area contributed by atoms with E-state index in [1.807, 2.05) is 19.0 Å². The smallest absolute Gasteiger partial charge is 0.407 e. The first kappa shape index (κ1) is 26.8. The van der Waals surface area contributed by atoms with Crippen LogP contribution in [0.25, 0.3) is 0 Å². The van der Waals surface area contributed by atoms with Crippen LogP contribution in [-0.2, 0) is 14.3 Å². The van der Waals surface area contributed by atoms with Crippen LogP contribution in [0.5, 0.6) is 0 Å². The molecule has 182 valence electrons. The first-order valence-electron chi connectivity index (χ1n) is 11.1. The van der Waals surface area contributed by atoms with Gasteiger partial charge in [-0.05, 0) is 78.4 Å². The van der Waals surface area contributed by atoms with Crippen LogP contribution in [0.2, 0.25) is 5.02 Å². The largest absolute Gasteiger partial charge is 0.444 e. The standard InChI is InChI=1S/C24H34ClN3O5/c1-24(2,3)33-23(32)27-19-12-16(21(30)14-28(4)5)8-11-18(19)26-22(31)13-20(29)15-6-9-17(25)10-7-15/h6-7,9-10,16,18-19H,8,11-14H2,1-5H3,(H,26,31)(H,27,32)/t16?,18-,19+/m0/s1. The van der Waals surface area contributed by atoms with Crippen LogP contribution in [-0.4, -0.2) is 66.8 Å². The Morgan fingerprint density at radius 3 is 2.24 bits per heavy atom. The van der Waals surface area contributed by atoms with E-state index in [1.165, 1.54) is 0 Å². The van der Waals surface area contributed by atoms with Gasteiger partial charge in [-0.2, -0.15) is 0 Å². The van der Waals surface area contributed by atoms with Gasteiger partial charge in [0.05, 0.1) is 19.0 Å². The summed E-state index contributed by atoms with van der Waals surface area (Å²) in [5, 5.41) is 6.20. The fraction of sp³-hybridized carbons (Fsp3) is 0.583. The molecule has 33 heavy (non-hydrogen) atoms. The number of nitrogens with one attached hydrogen (secondary N) is 2. The van der Waals surface area contributed by atoms with Crippen molar-refractivity contribution in [3.05, 3.63) is 34.9 Å². The van der Waals surface area contributed by atoms with Gasteiger partial charge in [0.1, 0.15) is 11.4 Å². The van der Waals surface area contributed by atoms with Gasteiger partial charge in [-0.3, -0.25) is 14.4 Å². The number of amides is 2. The zero-order valence-electron chi connectivity index (χ0n) is 19.9. The molecule has 3 atom stereocenters. The number of nitrogens with zero attached hydrogens (tertiary/aromatic N) is 1. The average Bonchev–Trinajstić information content (AvgIpc) is 2.67. The molecule has 2 N–H and O–H groups in total. The molecule has 1 aliphatic rings. The topological polar surface area (TPSA) is 105 Å². The first-order valence-corrected chi connectivity index (χ1v) is 11.5. The number of Topliss-reactive ketones (excluding diaryl/α,β-unsaturated/α-hetero) is 2. The predicted molar refractivity (Wildman–Crippen MR) is 126 cm³/mol. The SMILES string of the molecule is CN(C)CC(=O)C1CC[C@H](NC(=O)CC(=O)c2ccc(Cl)cc2)[C@H](NC(=O)OC(C)(C)C)C1. The minimum Gasteiger partial charge on any atom is -0.444 e. The van der Waals surface area contributed by atoms with Gasteiger partial charge in [-0.15, -0.1) is 0 Å². The van der Waals surface area contributed by atoms with Crippen molar-refractivity contribution in [2.45, 2.75) is 64.1 Å². The fourth-order valence-corrected chi connectivity index (χ4v) is 3.96. The molecule has 0 heterocycles. The van der Waals surface area contributed by atoms with Crippen LogP contribution in [0.15, 0.2) is 24.3 Å². The summed E-state index contributed by atoms with van der Waals surface area (Å²) < 4.78 is 5.37. The van der Waals surface area contributed by atoms with E-state index in [4.69, 9.17) is 16.3 Å². The van der Waals surface area contributed by atoms with E-state index in [-0.39, 0.29) is 23.9 Å². The van der Waals surface area contributed by atoms with Crippen LogP contribution in [0.4, 0.5) is 4.79 Å². The van der Waals surface area contributed by atoms with Crippen molar-refractivity contribution in [1.82, 2.24) is 15.5 Å². The van der Waals surface area contributed by atoms with Crippen LogP contribution in [0, 0.1) is 5.92 Å². The summed E-state index contributed by atoms with van der Waals surface area (Å²) in [4.78, 5) is 51.8. The number of halogens is 1. The lowest BCUT2D eigenvalue weighted by molar-refractivity contribution is -0.125. The van der Waals surface area contributed by atoms with Gasteiger partial charge in [0, 0.05) is 22.5 Å². The number of alkyl carbamates (subject to hydrolysis) is 1. The first-order chi connectivity index (χ1) is 15.3. The molecule has 0 aromatic heterocycles. The van der Waals surface area contributed by atoms with Crippen molar-refractivity contribution in [1.29, 1.82) is 0 Å². The minimum atomic E-state index is -0.678. The molecule has 2 rings (SSSR count). The molecule has 2 amide bonds. The number of ether oxygens (including phenoxy) is 1. The van der Waals surface area contributed by atoms with Gasteiger partial charge in [0.2, 0.25) is 5.91 Å². The van der Waals surface area contributed by atoms with Crippen molar-refractivity contribution in [2.24, 2.45) is 5.92 Å². The van der Waals surface area contributed by atoms with Gasteiger partial charge >= 0.3 is 6.09 Å². The molecule has 1 aromatic rings. The van der Waals surface area contributed by atoms with Crippen LogP contribution < -0.4 is 10.6 Å². The summed E-state index contributed by atoms with van der Waals surface area (Å²) in [6, 6.07) is 5.45. The highest BCUT2D eigenvalue weighted by atomic mass is 35.5. The molecule has 1 saturated carbocycles. The Bertz CT molecular complexity index is 864. The van der Waals surface area contributed by atoms with Crippen molar-refractivity contribution >= 4 is 35.2 Å². The summed E-state index contributed by atoms with van der Waals surface area (Å²) in [6.07, 6.45) is 0.563. The van der Waals surface area contributed by atoms with E-state index in [0.717, 1.165) is 0 Å². The highest BCUT2D eigenvalue weighted by Crippen LogP contribution is 2.26. The Balaban J connectivity index is 2.05. The maximum absolute atomic E-state index is 12.6. The number of hydrogen-bond acceptors (Lipinski definition) is 6. The number of benzene rings is 1. The van der Waals surface area contributed by atoms with E-state index < -0.39 is 29.7 Å². The van der Waals surface area contributed by atoms with Crippen molar-refractivity contribution in [3.63, 3.8) is 0 Å². The lowest BCUT2D eigenvalue weighted by Crippen LogP contribution is -2.56. The molecule has 0 bridgehead atoms. The summed E-state index contributed by atoms with van der Waals surface area (Å²) in [7, 11) is 3.66. The number of carbonyl (C=O) groups is 4. The molecule has 0 radical (unpaired) electrons. The highest BCUT2D eigenvalue weighted by Gasteiger charge is 2.36. The second-order valence-corrected chi connectivity index (χ2v) is 10.2. The van der Waals surface area contributed by atoms with Crippen molar-refractivity contribution in [3.8, 4) is 0 Å². The number of rotatable bonds is 8. The van der Waals surface area contributed by atoms with Crippen LogP contribution in [0.1, 0.15) is 56.8 Å². The van der Waals surface area contributed by atoms with E-state index in [9.17, 15) is 19.2 Å². The zero-order chi connectivity index (χ0) is 24.8. The normalized spacial score (nSPS) is 20.8. The van der Waals surface area contributed by atoms with Crippen molar-refractivity contribution in [2.75, 3.05) is 20.6 Å². The number of ketones is 2. The zero-order valence-corrected chi connectivity index (χ0v) is 20.7. The third kappa shape index (κ3) is 9.14. The maximum Gasteiger partial charge on any atom is 0.407 e. The monoisotopic (exact) mass is 479 g/mol. The summed E-state index contributed by atoms with van der Waals surface area (Å²) in [5.74, 6) is -0.889. The van der Waals surface area contributed by atoms with Gasteiger partial charge in [0.15, 0.2) is 5.78 Å². The average molecular weight is 480 g/mol. The molecule has 8 nitrogen and oxygen atoms in total. The Hall–Kier alpha value is -2.45. The molecule has 9 heteroatoms. The number of likely N-dealkylation sites (N-methyl/N-ethyl adjacent to an activating group) is 1. The van der Waals surface area contributed by atoms with Crippen LogP contribution in [0.3, 0.4) is 0 Å². The van der Waals surface area contributed by atoms with E-state index in [1.54, 1.807) is 45.0 Å². The van der Waals surface area contributed by atoms with Gasteiger partial charge in [-0.25, -0.2) is 4.79 Å². The molecule has 1 fully saturated rings. The third-order valence-electron chi connectivity index (χ3n) is 5.31. The number of hydrogen-bond donors (Lipinski definition) is 2. The van der Waals surface area contributed by atoms with Gasteiger partial charge in [0.25, 0.3) is 0 Å².